The van der Waals surface area contributed by atoms with Crippen molar-refractivity contribution in [1.29, 1.82) is 0 Å². The summed E-state index contributed by atoms with van der Waals surface area (Å²) in [6.07, 6.45) is 0.884. The third kappa shape index (κ3) is 2.62. The van der Waals surface area contributed by atoms with Gasteiger partial charge in [-0.15, -0.1) is 0 Å². The van der Waals surface area contributed by atoms with Gasteiger partial charge >= 0.3 is 0 Å². The molecule has 2 rings (SSSR count). The molecule has 0 aliphatic heterocycles. The number of rotatable bonds is 4. The highest BCUT2D eigenvalue weighted by Crippen LogP contribution is 2.19. The quantitative estimate of drug-likeness (QED) is 0.772. The number of carbonyl (C=O) groups is 1. The Morgan fingerprint density at radius 2 is 2.00 bits per heavy atom. The molecule has 0 fully saturated rings. The standard InChI is InChI=1S/C15H17NO2/c1-11-8-14(6-5-13(11)10-17)16(3)9-15-7-4-12(2)18-15/h4-8,10H,9H2,1-3H3. The molecule has 1 heterocycles. The van der Waals surface area contributed by atoms with Crippen LogP contribution in [-0.2, 0) is 6.54 Å². The van der Waals surface area contributed by atoms with Crippen LogP contribution in [0.1, 0.15) is 27.4 Å². The van der Waals surface area contributed by atoms with Crippen LogP contribution in [0.3, 0.4) is 0 Å². The molecule has 0 atom stereocenters. The van der Waals surface area contributed by atoms with Gasteiger partial charge in [-0.05, 0) is 49.7 Å². The fraction of sp³-hybridized carbons (Fsp3) is 0.267. The van der Waals surface area contributed by atoms with Gasteiger partial charge in [-0.1, -0.05) is 0 Å². The van der Waals surface area contributed by atoms with E-state index in [1.807, 2.05) is 51.2 Å². The Labute approximate surface area is 107 Å². The van der Waals surface area contributed by atoms with E-state index in [9.17, 15) is 4.79 Å². The summed E-state index contributed by atoms with van der Waals surface area (Å²) >= 11 is 0. The SMILES string of the molecule is Cc1ccc(CN(C)c2ccc(C=O)c(C)c2)o1. The molecule has 0 amide bonds. The van der Waals surface area contributed by atoms with E-state index in [-0.39, 0.29) is 0 Å². The van der Waals surface area contributed by atoms with E-state index in [2.05, 4.69) is 4.90 Å². The summed E-state index contributed by atoms with van der Waals surface area (Å²) < 4.78 is 5.55. The zero-order chi connectivity index (χ0) is 13.1. The van der Waals surface area contributed by atoms with Crippen molar-refractivity contribution >= 4 is 12.0 Å². The van der Waals surface area contributed by atoms with E-state index in [0.717, 1.165) is 34.6 Å². The van der Waals surface area contributed by atoms with Gasteiger partial charge in [0.2, 0.25) is 0 Å². The number of aryl methyl sites for hydroxylation is 2. The second kappa shape index (κ2) is 5.08. The van der Waals surface area contributed by atoms with Crippen molar-refractivity contribution in [3.8, 4) is 0 Å². The minimum Gasteiger partial charge on any atom is -0.464 e. The van der Waals surface area contributed by atoms with Crippen LogP contribution in [0.5, 0.6) is 0 Å². The Morgan fingerprint density at radius 1 is 1.22 bits per heavy atom. The highest BCUT2D eigenvalue weighted by Gasteiger charge is 2.06. The van der Waals surface area contributed by atoms with Gasteiger partial charge in [0.1, 0.15) is 17.8 Å². The van der Waals surface area contributed by atoms with E-state index in [4.69, 9.17) is 4.42 Å². The third-order valence-corrected chi connectivity index (χ3v) is 3.01. The molecule has 0 aliphatic carbocycles. The smallest absolute Gasteiger partial charge is 0.150 e. The Kier molecular flexibility index (Phi) is 3.51. The number of benzene rings is 1. The fourth-order valence-corrected chi connectivity index (χ4v) is 1.92. The molecule has 0 aliphatic rings. The zero-order valence-electron chi connectivity index (χ0n) is 10.9. The first-order valence-electron chi connectivity index (χ1n) is 5.92. The summed E-state index contributed by atoms with van der Waals surface area (Å²) in [6.45, 7) is 4.60. The van der Waals surface area contributed by atoms with Crippen molar-refractivity contribution in [2.24, 2.45) is 0 Å². The van der Waals surface area contributed by atoms with Crippen molar-refractivity contribution in [1.82, 2.24) is 0 Å². The van der Waals surface area contributed by atoms with Gasteiger partial charge < -0.3 is 9.32 Å². The van der Waals surface area contributed by atoms with Crippen LogP contribution in [0.15, 0.2) is 34.7 Å². The van der Waals surface area contributed by atoms with E-state index in [0.29, 0.717) is 6.54 Å². The lowest BCUT2D eigenvalue weighted by Gasteiger charge is -2.18. The lowest BCUT2D eigenvalue weighted by Crippen LogP contribution is -2.16. The first-order chi connectivity index (χ1) is 8.60. The zero-order valence-corrected chi connectivity index (χ0v) is 10.9. The Balaban J connectivity index is 2.16. The summed E-state index contributed by atoms with van der Waals surface area (Å²) in [5, 5.41) is 0. The van der Waals surface area contributed by atoms with Crippen molar-refractivity contribution in [2.75, 3.05) is 11.9 Å². The Morgan fingerprint density at radius 3 is 2.56 bits per heavy atom. The summed E-state index contributed by atoms with van der Waals surface area (Å²) in [5.74, 6) is 1.86. The average Bonchev–Trinajstić information content (AvgIpc) is 2.74. The number of furan rings is 1. The van der Waals surface area contributed by atoms with Gasteiger partial charge in [-0.25, -0.2) is 0 Å². The maximum absolute atomic E-state index is 10.8. The summed E-state index contributed by atoms with van der Waals surface area (Å²) in [6, 6.07) is 9.76. The van der Waals surface area contributed by atoms with Crippen LogP contribution in [0.4, 0.5) is 5.69 Å². The maximum Gasteiger partial charge on any atom is 0.150 e. The molecule has 1 aromatic carbocycles. The lowest BCUT2D eigenvalue weighted by atomic mass is 10.1. The second-order valence-electron chi connectivity index (χ2n) is 4.53. The molecule has 0 saturated carbocycles. The average molecular weight is 243 g/mol. The maximum atomic E-state index is 10.8. The van der Waals surface area contributed by atoms with Crippen LogP contribution in [-0.4, -0.2) is 13.3 Å². The molecule has 3 nitrogen and oxygen atoms in total. The van der Waals surface area contributed by atoms with Crippen molar-refractivity contribution in [3.05, 3.63) is 53.0 Å². The van der Waals surface area contributed by atoms with Gasteiger partial charge in [0, 0.05) is 18.3 Å². The Hall–Kier alpha value is -2.03. The van der Waals surface area contributed by atoms with E-state index >= 15 is 0 Å². The molecule has 0 N–H and O–H groups in total. The number of nitrogens with zero attached hydrogens (tertiary/aromatic N) is 1. The minimum atomic E-state index is 0.716. The van der Waals surface area contributed by atoms with Gasteiger partial charge in [-0.3, -0.25) is 4.79 Å². The van der Waals surface area contributed by atoms with Crippen LogP contribution in [0, 0.1) is 13.8 Å². The monoisotopic (exact) mass is 243 g/mol. The van der Waals surface area contributed by atoms with E-state index in [1.54, 1.807) is 0 Å². The van der Waals surface area contributed by atoms with Crippen molar-refractivity contribution < 1.29 is 9.21 Å². The number of anilines is 1. The summed E-state index contributed by atoms with van der Waals surface area (Å²) in [7, 11) is 2.01. The molecule has 0 spiro atoms. The topological polar surface area (TPSA) is 33.5 Å². The highest BCUT2D eigenvalue weighted by molar-refractivity contribution is 5.78. The normalized spacial score (nSPS) is 10.4. The van der Waals surface area contributed by atoms with Crippen molar-refractivity contribution in [2.45, 2.75) is 20.4 Å². The van der Waals surface area contributed by atoms with Crippen LogP contribution < -0.4 is 4.90 Å². The molecular formula is C15H17NO2. The molecule has 3 heteroatoms. The predicted molar refractivity (Wildman–Crippen MR) is 72.1 cm³/mol. The van der Waals surface area contributed by atoms with Gasteiger partial charge in [0.05, 0.1) is 6.54 Å². The molecule has 1 aromatic heterocycles. The van der Waals surface area contributed by atoms with Gasteiger partial charge in [0.15, 0.2) is 0 Å². The Bertz CT molecular complexity index is 557. The summed E-state index contributed by atoms with van der Waals surface area (Å²) in [4.78, 5) is 12.9. The predicted octanol–water partition coefficient (Wildman–Crippen LogP) is 3.35. The number of hydrogen-bond acceptors (Lipinski definition) is 3. The molecule has 0 bridgehead atoms. The first-order valence-corrected chi connectivity index (χ1v) is 5.92. The first kappa shape index (κ1) is 12.4. The van der Waals surface area contributed by atoms with Crippen LogP contribution in [0.25, 0.3) is 0 Å². The van der Waals surface area contributed by atoms with Gasteiger partial charge in [0.25, 0.3) is 0 Å². The molecule has 0 radical (unpaired) electrons. The number of aldehydes is 1. The number of carbonyl (C=O) groups excluding carboxylic acids is 1. The largest absolute Gasteiger partial charge is 0.464 e. The fourth-order valence-electron chi connectivity index (χ4n) is 1.92. The van der Waals surface area contributed by atoms with E-state index in [1.165, 1.54) is 0 Å². The molecule has 2 aromatic rings. The molecule has 0 saturated heterocycles. The van der Waals surface area contributed by atoms with Crippen LogP contribution in [0.2, 0.25) is 0 Å². The molecule has 18 heavy (non-hydrogen) atoms. The lowest BCUT2D eigenvalue weighted by molar-refractivity contribution is 0.112. The van der Waals surface area contributed by atoms with Gasteiger partial charge in [-0.2, -0.15) is 0 Å². The van der Waals surface area contributed by atoms with Crippen LogP contribution >= 0.6 is 0 Å². The molecule has 0 unspecified atom stereocenters. The molecule has 94 valence electrons. The summed E-state index contributed by atoms with van der Waals surface area (Å²) in [5.41, 5.74) is 2.80. The van der Waals surface area contributed by atoms with Crippen molar-refractivity contribution in [3.63, 3.8) is 0 Å². The minimum absolute atomic E-state index is 0.716. The second-order valence-corrected chi connectivity index (χ2v) is 4.53. The molecular weight excluding hydrogens is 226 g/mol. The highest BCUT2D eigenvalue weighted by atomic mass is 16.3. The van der Waals surface area contributed by atoms with E-state index < -0.39 is 0 Å². The number of hydrogen-bond donors (Lipinski definition) is 0. The third-order valence-electron chi connectivity index (χ3n) is 3.01.